The minimum Gasteiger partial charge on any atom is -0.493 e. The molecule has 0 radical (unpaired) electrons. The van der Waals surface area contributed by atoms with Crippen molar-refractivity contribution in [1.29, 1.82) is 0 Å². The van der Waals surface area contributed by atoms with Crippen molar-refractivity contribution in [3.8, 4) is 27.3 Å². The van der Waals surface area contributed by atoms with E-state index < -0.39 is 23.6 Å². The monoisotopic (exact) mass is 790 g/mol. The molecule has 12 heteroatoms. The highest BCUT2D eigenvalue weighted by atomic mass is 32.1. The number of ether oxygens (including phenoxy) is 3. The highest BCUT2D eigenvalue weighted by Gasteiger charge is 2.57. The molecule has 4 bridgehead atoms. The summed E-state index contributed by atoms with van der Waals surface area (Å²) in [6, 6.07) is 16.1. The van der Waals surface area contributed by atoms with Crippen LogP contribution in [0.1, 0.15) is 115 Å². The zero-order valence-electron chi connectivity index (χ0n) is 33.2. The van der Waals surface area contributed by atoms with Gasteiger partial charge in [0.25, 0.3) is 11.8 Å². The summed E-state index contributed by atoms with van der Waals surface area (Å²) in [6.07, 6.45) is 7.95. The summed E-state index contributed by atoms with van der Waals surface area (Å²) < 4.78 is 16.8. The summed E-state index contributed by atoms with van der Waals surface area (Å²) in [4.78, 5) is 59.8. The molecule has 0 saturated heterocycles. The number of esters is 1. The van der Waals surface area contributed by atoms with Gasteiger partial charge in [-0.15, -0.1) is 11.3 Å². The number of carbonyl (C=O) groups is 4. The summed E-state index contributed by atoms with van der Waals surface area (Å²) in [6.45, 7) is 8.38. The number of aromatic nitrogens is 1. The van der Waals surface area contributed by atoms with Crippen molar-refractivity contribution < 1.29 is 33.4 Å². The number of rotatable bonds is 9. The lowest BCUT2D eigenvalue weighted by Crippen LogP contribution is -2.63. The average Bonchev–Trinajstić information content (AvgIpc) is 3.56. The Labute approximate surface area is 337 Å². The molecule has 0 spiro atoms. The average molecular weight is 791 g/mol. The van der Waals surface area contributed by atoms with Crippen LogP contribution >= 0.6 is 11.3 Å². The number of carbonyl (C=O) groups excluding carboxylic acids is 4. The second kappa shape index (κ2) is 14.9. The lowest BCUT2D eigenvalue weighted by Gasteiger charge is -2.62. The fraction of sp³-hybridized carbons (Fsp3) is 0.444. The molecule has 9 rings (SSSR count). The maximum Gasteiger partial charge on any atom is 0.407 e. The molecule has 4 aromatic rings. The van der Waals surface area contributed by atoms with Crippen LogP contribution in [0.25, 0.3) is 21.6 Å². The van der Waals surface area contributed by atoms with Gasteiger partial charge < -0.3 is 30.2 Å². The van der Waals surface area contributed by atoms with Crippen molar-refractivity contribution in [2.24, 2.45) is 17.3 Å². The summed E-state index contributed by atoms with van der Waals surface area (Å²) in [5, 5.41) is 11.2. The maximum atomic E-state index is 14.4. The van der Waals surface area contributed by atoms with Crippen molar-refractivity contribution in [3.63, 3.8) is 0 Å². The summed E-state index contributed by atoms with van der Waals surface area (Å²) in [5.41, 5.74) is 3.76. The van der Waals surface area contributed by atoms with E-state index in [0.29, 0.717) is 47.4 Å². The van der Waals surface area contributed by atoms with Gasteiger partial charge in [0.15, 0.2) is 5.69 Å². The number of anilines is 1. The Hall–Kier alpha value is -5.23. The number of methoxy groups -OCH3 is 1. The Balaban J connectivity index is 1.11. The SMILES string of the molecule is CCC12C[C@H]3C[C@@H](C1)CC(NC(=O)c1ccc(-c4cc5c(cc4C(=O)Nc4ccc(CNC(=O)OC(C)(C)C)cc4)-c4sccc4CCO5)c(C(=O)OC)n1)(C3)C2. The van der Waals surface area contributed by atoms with Crippen LogP contribution in [0.5, 0.6) is 5.75 Å². The quantitative estimate of drug-likeness (QED) is 0.143. The Morgan fingerprint density at radius 3 is 2.39 bits per heavy atom. The predicted molar refractivity (Wildman–Crippen MR) is 219 cm³/mol. The zero-order valence-corrected chi connectivity index (χ0v) is 34.0. The van der Waals surface area contributed by atoms with Crippen LogP contribution in [0.3, 0.4) is 0 Å². The molecule has 2 aromatic carbocycles. The molecule has 3 amide bonds. The molecule has 11 nitrogen and oxygen atoms in total. The van der Waals surface area contributed by atoms with Gasteiger partial charge in [0.05, 0.1) is 13.7 Å². The van der Waals surface area contributed by atoms with Gasteiger partial charge in [-0.25, -0.2) is 14.6 Å². The van der Waals surface area contributed by atoms with Crippen LogP contribution in [0, 0.1) is 17.3 Å². The molecule has 4 aliphatic carbocycles. The number of nitrogens with one attached hydrogen (secondary N) is 3. The Bertz CT molecular complexity index is 2230. The van der Waals surface area contributed by atoms with E-state index in [1.165, 1.54) is 26.4 Å². The minimum atomic E-state index is -0.724. The second-order valence-corrected chi connectivity index (χ2v) is 18.3. The molecule has 4 atom stereocenters. The number of pyridine rings is 1. The van der Waals surface area contributed by atoms with E-state index in [9.17, 15) is 19.2 Å². The van der Waals surface area contributed by atoms with Gasteiger partial charge >= 0.3 is 12.1 Å². The van der Waals surface area contributed by atoms with Gasteiger partial charge in [-0.2, -0.15) is 0 Å². The van der Waals surface area contributed by atoms with Crippen LogP contribution in [0.2, 0.25) is 0 Å². The van der Waals surface area contributed by atoms with Crippen molar-refractivity contribution in [3.05, 3.63) is 88.1 Å². The third-order valence-electron chi connectivity index (χ3n) is 12.1. The van der Waals surface area contributed by atoms with E-state index in [0.717, 1.165) is 47.3 Å². The van der Waals surface area contributed by atoms with Gasteiger partial charge in [-0.05, 0) is 136 Å². The van der Waals surface area contributed by atoms with Gasteiger partial charge in [-0.3, -0.25) is 9.59 Å². The molecule has 298 valence electrons. The number of fused-ring (bicyclic) bond motifs is 3. The van der Waals surface area contributed by atoms with Gasteiger partial charge in [0, 0.05) is 51.3 Å². The smallest absolute Gasteiger partial charge is 0.407 e. The molecule has 3 heterocycles. The maximum absolute atomic E-state index is 14.4. The molecule has 2 aromatic heterocycles. The highest BCUT2D eigenvalue weighted by molar-refractivity contribution is 7.13. The predicted octanol–water partition coefficient (Wildman–Crippen LogP) is 8.95. The van der Waals surface area contributed by atoms with E-state index >= 15 is 0 Å². The Morgan fingerprint density at radius 2 is 1.68 bits per heavy atom. The van der Waals surface area contributed by atoms with Crippen molar-refractivity contribution >= 4 is 40.9 Å². The molecule has 1 aliphatic heterocycles. The highest BCUT2D eigenvalue weighted by Crippen LogP contribution is 2.62. The van der Waals surface area contributed by atoms with Gasteiger partial charge in [0.1, 0.15) is 17.0 Å². The summed E-state index contributed by atoms with van der Waals surface area (Å²) >= 11 is 1.58. The number of hydrogen-bond acceptors (Lipinski definition) is 9. The first-order chi connectivity index (χ1) is 27.2. The molecule has 4 fully saturated rings. The van der Waals surface area contributed by atoms with Gasteiger partial charge in [0.2, 0.25) is 0 Å². The van der Waals surface area contributed by atoms with Crippen molar-refractivity contribution in [1.82, 2.24) is 15.6 Å². The molecule has 5 aliphatic rings. The zero-order chi connectivity index (χ0) is 40.1. The van der Waals surface area contributed by atoms with Crippen LogP contribution in [-0.4, -0.2) is 53.7 Å². The molecular formula is C45H50N4O7S. The normalized spacial score (nSPS) is 23.0. The number of nitrogens with zero attached hydrogens (tertiary/aromatic N) is 1. The van der Waals surface area contributed by atoms with Crippen molar-refractivity contribution in [2.75, 3.05) is 19.0 Å². The molecule has 4 saturated carbocycles. The van der Waals surface area contributed by atoms with Crippen LogP contribution in [-0.2, 0) is 22.4 Å². The van der Waals surface area contributed by atoms with E-state index in [1.807, 2.05) is 17.5 Å². The van der Waals surface area contributed by atoms with E-state index in [2.05, 4.69) is 33.9 Å². The number of hydrogen-bond donors (Lipinski definition) is 3. The van der Waals surface area contributed by atoms with E-state index in [-0.39, 0.29) is 40.4 Å². The minimum absolute atomic E-state index is 0.0676. The lowest BCUT2D eigenvalue weighted by molar-refractivity contribution is -0.0795. The van der Waals surface area contributed by atoms with Crippen LogP contribution in [0.4, 0.5) is 10.5 Å². The summed E-state index contributed by atoms with van der Waals surface area (Å²) in [7, 11) is 1.28. The van der Waals surface area contributed by atoms with Crippen molar-refractivity contribution in [2.45, 2.75) is 96.7 Å². The van der Waals surface area contributed by atoms with Gasteiger partial charge in [-0.1, -0.05) is 25.5 Å². The molecular weight excluding hydrogens is 741 g/mol. The molecule has 3 N–H and O–H groups in total. The van der Waals surface area contributed by atoms with Crippen LogP contribution in [0.15, 0.2) is 60.0 Å². The molecule has 57 heavy (non-hydrogen) atoms. The lowest BCUT2D eigenvalue weighted by atomic mass is 9.46. The summed E-state index contributed by atoms with van der Waals surface area (Å²) in [5.74, 6) is 0.373. The largest absolute Gasteiger partial charge is 0.493 e. The fourth-order valence-corrected chi connectivity index (χ4v) is 11.1. The second-order valence-electron chi connectivity index (χ2n) is 17.4. The third-order valence-corrected chi connectivity index (χ3v) is 13.1. The third kappa shape index (κ3) is 7.88. The number of amides is 3. The number of alkyl carbamates (subject to hydrolysis) is 1. The first-order valence-electron chi connectivity index (χ1n) is 19.9. The first-order valence-corrected chi connectivity index (χ1v) is 20.8. The van der Waals surface area contributed by atoms with Crippen LogP contribution < -0.4 is 20.7 Å². The van der Waals surface area contributed by atoms with E-state index in [4.69, 9.17) is 14.2 Å². The topological polar surface area (TPSA) is 145 Å². The fourth-order valence-electron chi connectivity index (χ4n) is 10.1. The first kappa shape index (κ1) is 38.6. The Morgan fingerprint density at radius 1 is 0.930 bits per heavy atom. The number of benzene rings is 2. The number of thiophene rings is 1. The van der Waals surface area contributed by atoms with E-state index in [1.54, 1.807) is 68.5 Å². The molecule has 2 unspecified atom stereocenters. The standard InChI is InChI=1S/C45H50N4O7S/c1-6-44-20-27-17-28(21-44)23-45(22-27,25-44)49-40(51)35-12-11-31(37(48-35)41(52)54-5)32-19-36-34(38-29(13-15-55-36)14-16-57-38)18-33(32)39(50)47-30-9-7-26(8-10-30)24-46-42(53)56-43(2,3)4/h7-12,14,16,18-19,27-28H,6,13,15,17,20-25H2,1-5H3,(H,46,53)(H,47,50)(H,49,51)/t27-,28+,44?,45?. The Kier molecular flexibility index (Phi) is 10.1.